The van der Waals surface area contributed by atoms with E-state index in [4.69, 9.17) is 11.6 Å². The molecule has 1 aliphatic rings. The molecule has 4 nitrogen and oxygen atoms in total. The third-order valence-electron chi connectivity index (χ3n) is 4.37. The Morgan fingerprint density at radius 3 is 2.58 bits per heavy atom. The van der Waals surface area contributed by atoms with E-state index in [9.17, 15) is 4.79 Å². The molecular weight excluding hydrogens is 342 g/mol. The molecule has 0 amide bonds. The van der Waals surface area contributed by atoms with Crippen LogP contribution in [0, 0.1) is 5.41 Å². The van der Waals surface area contributed by atoms with Crippen LogP contribution >= 0.6 is 22.9 Å². The van der Waals surface area contributed by atoms with Crippen molar-refractivity contribution in [2.24, 2.45) is 5.41 Å². The number of likely N-dealkylation sites (tertiary alicyclic amines) is 1. The van der Waals surface area contributed by atoms with E-state index in [1.54, 1.807) is 16.0 Å². The van der Waals surface area contributed by atoms with Gasteiger partial charge in [-0.05, 0) is 38.1 Å². The minimum atomic E-state index is -0.444. The molecule has 1 fully saturated rings. The van der Waals surface area contributed by atoms with Gasteiger partial charge < -0.3 is 4.90 Å². The van der Waals surface area contributed by atoms with Crippen molar-refractivity contribution >= 4 is 28.8 Å². The van der Waals surface area contributed by atoms with Gasteiger partial charge in [0.25, 0.3) is 5.91 Å². The number of likely N-dealkylation sites (N-methyl/N-ethyl adjacent to an activating group) is 1. The van der Waals surface area contributed by atoms with Crippen molar-refractivity contribution in [1.29, 1.82) is 0 Å². The first kappa shape index (κ1) is 17.6. The number of hydrogen-bond donors (Lipinski definition) is 0. The molecule has 1 saturated heterocycles. The van der Waals surface area contributed by atoms with E-state index < -0.39 is 5.41 Å². The van der Waals surface area contributed by atoms with Gasteiger partial charge in [0, 0.05) is 35.0 Å². The zero-order chi connectivity index (χ0) is 17.5. The SMILES string of the molecule is CN1CC(c2cc(CCc3ccc(Cl)s3)n(C(=O)C(C)(C)C)n2)C1. The van der Waals surface area contributed by atoms with Crippen LogP contribution in [0.4, 0.5) is 0 Å². The van der Waals surface area contributed by atoms with Crippen molar-refractivity contribution in [3.8, 4) is 0 Å². The molecule has 6 heteroatoms. The third kappa shape index (κ3) is 3.73. The highest BCUT2D eigenvalue weighted by atomic mass is 35.5. The normalized spacial score (nSPS) is 16.4. The Bertz CT molecular complexity index is 738. The number of rotatable bonds is 4. The molecule has 0 aliphatic carbocycles. The van der Waals surface area contributed by atoms with Crippen molar-refractivity contribution in [3.05, 3.63) is 38.8 Å². The summed E-state index contributed by atoms with van der Waals surface area (Å²) in [5.41, 5.74) is 1.61. The standard InChI is InChI=1S/C18H24ClN3OS/c1-18(2,3)17(23)22-13(5-6-14-7-8-16(19)24-14)9-15(20-22)12-10-21(4)11-12/h7-9,12H,5-6,10-11H2,1-4H3. The van der Waals surface area contributed by atoms with Crippen molar-refractivity contribution in [3.63, 3.8) is 0 Å². The summed E-state index contributed by atoms with van der Waals surface area (Å²) in [4.78, 5) is 16.3. The fourth-order valence-electron chi connectivity index (χ4n) is 2.93. The fraction of sp³-hybridized carbons (Fsp3) is 0.556. The maximum atomic E-state index is 12.8. The highest BCUT2D eigenvalue weighted by Crippen LogP contribution is 2.28. The van der Waals surface area contributed by atoms with Crippen LogP contribution in [0.25, 0.3) is 0 Å². The van der Waals surface area contributed by atoms with E-state index in [0.717, 1.165) is 41.7 Å². The van der Waals surface area contributed by atoms with Gasteiger partial charge in [0.2, 0.25) is 0 Å². The molecule has 0 radical (unpaired) electrons. The predicted octanol–water partition coefficient (Wildman–Crippen LogP) is 4.10. The minimum absolute atomic E-state index is 0.0561. The van der Waals surface area contributed by atoms with Gasteiger partial charge in [-0.15, -0.1) is 11.3 Å². The number of aromatic nitrogens is 2. The Hall–Kier alpha value is -1.17. The van der Waals surface area contributed by atoms with Crippen molar-refractivity contribution in [2.45, 2.75) is 39.5 Å². The first-order valence-electron chi connectivity index (χ1n) is 8.30. The molecule has 1 aliphatic heterocycles. The maximum Gasteiger partial charge on any atom is 0.252 e. The first-order chi connectivity index (χ1) is 11.2. The second-order valence-electron chi connectivity index (χ2n) is 7.65. The third-order valence-corrected chi connectivity index (χ3v) is 5.67. The van der Waals surface area contributed by atoms with Crippen LogP contribution in [-0.4, -0.2) is 40.7 Å². The number of aryl methyl sites for hydroxylation is 2. The summed E-state index contributed by atoms with van der Waals surface area (Å²) < 4.78 is 2.45. The first-order valence-corrected chi connectivity index (χ1v) is 9.50. The average molecular weight is 366 g/mol. The van der Waals surface area contributed by atoms with E-state index in [1.807, 2.05) is 26.8 Å². The summed E-state index contributed by atoms with van der Waals surface area (Å²) in [5, 5.41) is 4.67. The van der Waals surface area contributed by atoms with E-state index in [1.165, 1.54) is 4.88 Å². The Morgan fingerprint density at radius 1 is 1.33 bits per heavy atom. The highest BCUT2D eigenvalue weighted by Gasteiger charge is 2.31. The van der Waals surface area contributed by atoms with Crippen molar-refractivity contribution < 1.29 is 4.79 Å². The number of thiophene rings is 1. The van der Waals surface area contributed by atoms with Crippen LogP contribution in [0.2, 0.25) is 4.34 Å². The van der Waals surface area contributed by atoms with Gasteiger partial charge in [0.1, 0.15) is 0 Å². The van der Waals surface area contributed by atoms with Crippen LogP contribution < -0.4 is 0 Å². The summed E-state index contributed by atoms with van der Waals surface area (Å²) in [6.07, 6.45) is 1.68. The van der Waals surface area contributed by atoms with E-state index >= 15 is 0 Å². The minimum Gasteiger partial charge on any atom is -0.305 e. The zero-order valence-electron chi connectivity index (χ0n) is 14.7. The Labute approximate surface area is 152 Å². The van der Waals surface area contributed by atoms with Gasteiger partial charge in [0.15, 0.2) is 0 Å². The van der Waals surface area contributed by atoms with Crippen LogP contribution in [-0.2, 0) is 12.8 Å². The monoisotopic (exact) mass is 365 g/mol. The smallest absolute Gasteiger partial charge is 0.252 e. The molecule has 130 valence electrons. The van der Waals surface area contributed by atoms with Gasteiger partial charge in [-0.25, -0.2) is 4.68 Å². The largest absolute Gasteiger partial charge is 0.305 e. The average Bonchev–Trinajstić information content (AvgIpc) is 3.06. The summed E-state index contributed by atoms with van der Waals surface area (Å²) in [6, 6.07) is 6.10. The molecule has 0 bridgehead atoms. The van der Waals surface area contributed by atoms with Crippen LogP contribution in [0.5, 0.6) is 0 Å². The molecule has 0 N–H and O–H groups in total. The predicted molar refractivity (Wildman–Crippen MR) is 99.3 cm³/mol. The summed E-state index contributed by atoms with van der Waals surface area (Å²) >= 11 is 7.61. The molecule has 0 aromatic carbocycles. The molecule has 0 atom stereocenters. The summed E-state index contributed by atoms with van der Waals surface area (Å²) in [6.45, 7) is 7.85. The lowest BCUT2D eigenvalue weighted by molar-refractivity contribution is 0.0742. The van der Waals surface area contributed by atoms with E-state index in [0.29, 0.717) is 5.92 Å². The van der Waals surface area contributed by atoms with Crippen molar-refractivity contribution in [1.82, 2.24) is 14.7 Å². The maximum absolute atomic E-state index is 12.8. The molecule has 0 saturated carbocycles. The molecule has 0 spiro atoms. The summed E-state index contributed by atoms with van der Waals surface area (Å²) in [5.74, 6) is 0.500. The van der Waals surface area contributed by atoms with Gasteiger partial charge >= 0.3 is 0 Å². The van der Waals surface area contributed by atoms with Gasteiger partial charge in [-0.2, -0.15) is 5.10 Å². The molecule has 2 aromatic heterocycles. The van der Waals surface area contributed by atoms with Gasteiger partial charge in [-0.3, -0.25) is 4.79 Å². The molecule has 3 rings (SSSR count). The Balaban J connectivity index is 1.83. The van der Waals surface area contributed by atoms with Crippen LogP contribution in [0.3, 0.4) is 0 Å². The number of carbonyl (C=O) groups is 1. The highest BCUT2D eigenvalue weighted by molar-refractivity contribution is 7.16. The molecular formula is C18H24ClN3OS. The van der Waals surface area contributed by atoms with Crippen LogP contribution in [0.15, 0.2) is 18.2 Å². The second-order valence-corrected chi connectivity index (χ2v) is 9.45. The topological polar surface area (TPSA) is 38.1 Å². The molecule has 24 heavy (non-hydrogen) atoms. The number of hydrogen-bond acceptors (Lipinski definition) is 4. The lowest BCUT2D eigenvalue weighted by Gasteiger charge is -2.34. The number of nitrogens with zero attached hydrogens (tertiary/aromatic N) is 3. The molecule has 0 unspecified atom stereocenters. The lowest BCUT2D eigenvalue weighted by Crippen LogP contribution is -2.42. The fourth-order valence-corrected chi connectivity index (χ4v) is 4.02. The molecule has 2 aromatic rings. The zero-order valence-corrected chi connectivity index (χ0v) is 16.2. The molecule has 3 heterocycles. The van der Waals surface area contributed by atoms with Gasteiger partial charge in [0.05, 0.1) is 10.0 Å². The lowest BCUT2D eigenvalue weighted by atomic mass is 9.95. The number of carbonyl (C=O) groups excluding carboxylic acids is 1. The summed E-state index contributed by atoms with van der Waals surface area (Å²) in [7, 11) is 2.11. The number of halogens is 1. The second kappa shape index (κ2) is 6.62. The Kier molecular flexibility index (Phi) is 4.87. The van der Waals surface area contributed by atoms with Crippen molar-refractivity contribution in [2.75, 3.05) is 20.1 Å². The Morgan fingerprint density at radius 2 is 2.04 bits per heavy atom. The quantitative estimate of drug-likeness (QED) is 0.818. The van der Waals surface area contributed by atoms with E-state index in [-0.39, 0.29) is 5.91 Å². The van der Waals surface area contributed by atoms with Crippen LogP contribution in [0.1, 0.15) is 47.7 Å². The van der Waals surface area contributed by atoms with Gasteiger partial charge in [-0.1, -0.05) is 32.4 Å². The van der Waals surface area contributed by atoms with E-state index in [2.05, 4.69) is 29.2 Å².